The van der Waals surface area contributed by atoms with Gasteiger partial charge in [0, 0.05) is 24.4 Å². The smallest absolute Gasteiger partial charge is 0.212 e. The lowest BCUT2D eigenvalue weighted by Crippen LogP contribution is -2.07. The molecule has 6 heteroatoms. The van der Waals surface area contributed by atoms with Gasteiger partial charge in [-0.1, -0.05) is 13.8 Å². The van der Waals surface area contributed by atoms with Crippen LogP contribution in [-0.2, 0) is 6.42 Å². The molecule has 21 heavy (non-hydrogen) atoms. The largest absolute Gasteiger partial charge is 0.481 e. The number of ether oxygens (including phenoxy) is 1. The van der Waals surface area contributed by atoms with E-state index in [1.807, 2.05) is 12.1 Å². The third kappa shape index (κ3) is 3.69. The molecule has 0 saturated heterocycles. The summed E-state index contributed by atoms with van der Waals surface area (Å²) in [5.74, 6) is 2.08. The molecule has 0 aromatic carbocycles. The van der Waals surface area contributed by atoms with E-state index in [-0.39, 0.29) is 0 Å². The summed E-state index contributed by atoms with van der Waals surface area (Å²) in [5, 5.41) is 3.33. The van der Waals surface area contributed by atoms with Crippen LogP contribution >= 0.6 is 15.9 Å². The van der Waals surface area contributed by atoms with Crippen molar-refractivity contribution in [2.45, 2.75) is 26.7 Å². The van der Waals surface area contributed by atoms with Gasteiger partial charge in [-0.3, -0.25) is 0 Å². The fourth-order valence-electron chi connectivity index (χ4n) is 1.85. The second-order valence-electron chi connectivity index (χ2n) is 4.53. The molecular weight excluding hydrogens is 332 g/mol. The minimum Gasteiger partial charge on any atom is -0.481 e. The molecule has 0 aliphatic rings. The SMILES string of the molecule is CCCNc1nc(-c2ccc(OC)nc2)nc(CC)c1Br. The van der Waals surface area contributed by atoms with Crippen LogP contribution in [0.3, 0.4) is 0 Å². The first kappa shape index (κ1) is 15.7. The van der Waals surface area contributed by atoms with Gasteiger partial charge in [-0.25, -0.2) is 15.0 Å². The number of aryl methyl sites for hydroxylation is 1. The molecule has 5 nitrogen and oxygen atoms in total. The average molecular weight is 351 g/mol. The highest BCUT2D eigenvalue weighted by molar-refractivity contribution is 9.10. The Morgan fingerprint density at radius 2 is 2.05 bits per heavy atom. The summed E-state index contributed by atoms with van der Waals surface area (Å²) in [6, 6.07) is 3.73. The molecule has 112 valence electrons. The predicted molar refractivity (Wildman–Crippen MR) is 87.7 cm³/mol. The van der Waals surface area contributed by atoms with Crippen LogP contribution in [0.25, 0.3) is 11.4 Å². The van der Waals surface area contributed by atoms with Crippen molar-refractivity contribution in [2.24, 2.45) is 0 Å². The zero-order valence-electron chi connectivity index (χ0n) is 12.5. The van der Waals surface area contributed by atoms with E-state index in [4.69, 9.17) is 4.74 Å². The van der Waals surface area contributed by atoms with Gasteiger partial charge in [0.1, 0.15) is 5.82 Å². The zero-order valence-corrected chi connectivity index (χ0v) is 14.1. The maximum Gasteiger partial charge on any atom is 0.212 e. The van der Waals surface area contributed by atoms with Gasteiger partial charge in [-0.15, -0.1) is 0 Å². The standard InChI is InChI=1S/C15H19BrN4O/c1-4-8-17-15-13(16)11(5-2)19-14(20-15)10-6-7-12(21-3)18-9-10/h6-7,9H,4-5,8H2,1-3H3,(H,17,19,20). The fourth-order valence-corrected chi connectivity index (χ4v) is 2.45. The van der Waals surface area contributed by atoms with Gasteiger partial charge in [0.05, 0.1) is 17.3 Å². The molecule has 0 fully saturated rings. The van der Waals surface area contributed by atoms with Crippen molar-refractivity contribution < 1.29 is 4.74 Å². The quantitative estimate of drug-likeness (QED) is 0.860. The monoisotopic (exact) mass is 350 g/mol. The average Bonchev–Trinajstić information content (AvgIpc) is 2.54. The van der Waals surface area contributed by atoms with Gasteiger partial charge in [0.25, 0.3) is 0 Å². The van der Waals surface area contributed by atoms with Crippen LogP contribution < -0.4 is 10.1 Å². The highest BCUT2D eigenvalue weighted by Crippen LogP contribution is 2.27. The van der Waals surface area contributed by atoms with Crippen LogP contribution in [0.15, 0.2) is 22.8 Å². The number of hydrogen-bond donors (Lipinski definition) is 1. The Morgan fingerprint density at radius 1 is 1.24 bits per heavy atom. The number of pyridine rings is 1. The summed E-state index contributed by atoms with van der Waals surface area (Å²) in [6.07, 6.45) is 3.60. The minimum absolute atomic E-state index is 0.580. The van der Waals surface area contributed by atoms with Gasteiger partial charge in [-0.2, -0.15) is 0 Å². The summed E-state index contributed by atoms with van der Waals surface area (Å²) < 4.78 is 6.01. The first-order valence-corrected chi connectivity index (χ1v) is 7.79. The molecule has 1 N–H and O–H groups in total. The molecule has 0 amide bonds. The van der Waals surface area contributed by atoms with Crippen LogP contribution in [0, 0.1) is 0 Å². The molecule has 0 aliphatic heterocycles. The summed E-state index contributed by atoms with van der Waals surface area (Å²) in [4.78, 5) is 13.4. The first-order valence-electron chi connectivity index (χ1n) is 7.00. The van der Waals surface area contributed by atoms with Crippen LogP contribution in [0.4, 0.5) is 5.82 Å². The van der Waals surface area contributed by atoms with E-state index < -0.39 is 0 Å². The zero-order chi connectivity index (χ0) is 15.2. The molecule has 2 aromatic heterocycles. The third-order valence-corrected chi connectivity index (χ3v) is 3.83. The Bertz CT molecular complexity index is 601. The maximum absolute atomic E-state index is 5.07. The Kier molecular flexibility index (Phi) is 5.50. The van der Waals surface area contributed by atoms with Crippen molar-refractivity contribution in [1.82, 2.24) is 15.0 Å². The van der Waals surface area contributed by atoms with Gasteiger partial charge in [0.2, 0.25) is 5.88 Å². The Labute approximate surface area is 133 Å². The second-order valence-corrected chi connectivity index (χ2v) is 5.32. The lowest BCUT2D eigenvalue weighted by atomic mass is 10.2. The van der Waals surface area contributed by atoms with E-state index in [9.17, 15) is 0 Å². The topological polar surface area (TPSA) is 59.9 Å². The molecule has 0 saturated carbocycles. The normalized spacial score (nSPS) is 10.5. The highest BCUT2D eigenvalue weighted by atomic mass is 79.9. The summed E-state index contributed by atoms with van der Waals surface area (Å²) in [6.45, 7) is 5.07. The molecule has 0 radical (unpaired) electrons. The number of halogens is 1. The highest BCUT2D eigenvalue weighted by Gasteiger charge is 2.12. The summed E-state index contributed by atoms with van der Waals surface area (Å²) >= 11 is 3.58. The molecule has 2 heterocycles. The molecule has 0 atom stereocenters. The van der Waals surface area contributed by atoms with E-state index >= 15 is 0 Å². The number of anilines is 1. The number of nitrogens with zero attached hydrogens (tertiary/aromatic N) is 3. The molecule has 0 bridgehead atoms. The van der Waals surface area contributed by atoms with Gasteiger partial charge < -0.3 is 10.1 Å². The van der Waals surface area contributed by atoms with Gasteiger partial charge >= 0.3 is 0 Å². The molecule has 0 unspecified atom stereocenters. The van der Waals surface area contributed by atoms with E-state index in [2.05, 4.69) is 50.0 Å². The second kappa shape index (κ2) is 7.36. The molecule has 0 aliphatic carbocycles. The van der Waals surface area contributed by atoms with Crippen molar-refractivity contribution in [1.29, 1.82) is 0 Å². The van der Waals surface area contributed by atoms with Crippen LogP contribution in [0.1, 0.15) is 26.0 Å². The third-order valence-electron chi connectivity index (χ3n) is 3.00. The number of nitrogens with one attached hydrogen (secondary N) is 1. The molecule has 0 spiro atoms. The van der Waals surface area contributed by atoms with Crippen molar-refractivity contribution in [3.05, 3.63) is 28.5 Å². The van der Waals surface area contributed by atoms with E-state index in [1.165, 1.54) is 0 Å². The minimum atomic E-state index is 0.580. The van der Waals surface area contributed by atoms with E-state index in [0.717, 1.165) is 40.9 Å². The maximum atomic E-state index is 5.07. The lowest BCUT2D eigenvalue weighted by Gasteiger charge is -2.12. The predicted octanol–water partition coefficient (Wildman–Crippen LogP) is 3.69. The molecule has 2 aromatic rings. The van der Waals surface area contributed by atoms with Crippen LogP contribution in [0.5, 0.6) is 5.88 Å². The van der Waals surface area contributed by atoms with Crippen molar-refractivity contribution in [3.8, 4) is 17.3 Å². The number of methoxy groups -OCH3 is 1. The van der Waals surface area contributed by atoms with Crippen molar-refractivity contribution in [3.63, 3.8) is 0 Å². The van der Waals surface area contributed by atoms with Crippen LogP contribution in [-0.4, -0.2) is 28.6 Å². The fraction of sp³-hybridized carbons (Fsp3) is 0.400. The summed E-state index contributed by atoms with van der Waals surface area (Å²) in [5.41, 5.74) is 1.85. The Hall–Kier alpha value is -1.69. The Morgan fingerprint density at radius 3 is 2.62 bits per heavy atom. The first-order chi connectivity index (χ1) is 10.2. The van der Waals surface area contributed by atoms with Crippen LogP contribution in [0.2, 0.25) is 0 Å². The number of hydrogen-bond acceptors (Lipinski definition) is 5. The van der Waals surface area contributed by atoms with Gasteiger partial charge in [0.15, 0.2) is 5.82 Å². The molecule has 2 rings (SSSR count). The number of aromatic nitrogens is 3. The lowest BCUT2D eigenvalue weighted by molar-refractivity contribution is 0.398. The van der Waals surface area contributed by atoms with E-state index in [1.54, 1.807) is 13.3 Å². The number of rotatable bonds is 6. The molecular formula is C15H19BrN4O. The van der Waals surface area contributed by atoms with Gasteiger partial charge in [-0.05, 0) is 34.8 Å². The van der Waals surface area contributed by atoms with E-state index in [0.29, 0.717) is 11.7 Å². The van der Waals surface area contributed by atoms with Crippen molar-refractivity contribution in [2.75, 3.05) is 19.0 Å². The summed E-state index contributed by atoms with van der Waals surface area (Å²) in [7, 11) is 1.60. The van der Waals surface area contributed by atoms with Crippen molar-refractivity contribution >= 4 is 21.7 Å². The Balaban J connectivity index is 2.41.